The summed E-state index contributed by atoms with van der Waals surface area (Å²) in [6.45, 7) is 0.559. The van der Waals surface area contributed by atoms with Crippen LogP contribution in [0.5, 0.6) is 0 Å². The number of rotatable bonds is 5. The monoisotopic (exact) mass is 337 g/mol. The average Bonchev–Trinajstić information content (AvgIpc) is 2.99. The van der Waals surface area contributed by atoms with Crippen LogP contribution in [-0.4, -0.2) is 26.7 Å². The molecule has 1 aromatic rings. The van der Waals surface area contributed by atoms with Gasteiger partial charge < -0.3 is 4.74 Å². The molecule has 1 aromatic carbocycles. The second-order valence-electron chi connectivity index (χ2n) is 6.47. The Morgan fingerprint density at radius 2 is 1.96 bits per heavy atom. The molecule has 0 saturated heterocycles. The van der Waals surface area contributed by atoms with E-state index < -0.39 is 15.9 Å². The molecule has 1 heterocycles. The van der Waals surface area contributed by atoms with E-state index in [9.17, 15) is 13.2 Å². The Morgan fingerprint density at radius 3 is 2.74 bits per heavy atom. The van der Waals surface area contributed by atoms with E-state index >= 15 is 0 Å². The summed E-state index contributed by atoms with van der Waals surface area (Å²) in [6.07, 6.45) is 4.56. The maximum absolute atomic E-state index is 12.1. The number of carbonyl (C=O) groups is 1. The molecule has 0 spiro atoms. The number of hydrogen-bond donors (Lipinski definition) is 1. The molecule has 0 radical (unpaired) electrons. The summed E-state index contributed by atoms with van der Waals surface area (Å²) in [4.78, 5) is 12.1. The van der Waals surface area contributed by atoms with Gasteiger partial charge in [0.25, 0.3) is 0 Å². The molecule has 23 heavy (non-hydrogen) atoms. The van der Waals surface area contributed by atoms with Gasteiger partial charge in [-0.2, -0.15) is 0 Å². The fraction of sp³-hybridized carbons (Fsp3) is 0.588. The zero-order chi connectivity index (χ0) is 16.3. The van der Waals surface area contributed by atoms with E-state index in [1.165, 1.54) is 5.56 Å². The Kier molecular flexibility index (Phi) is 5.02. The summed E-state index contributed by atoms with van der Waals surface area (Å²) >= 11 is 0. The van der Waals surface area contributed by atoms with Crippen molar-refractivity contribution in [3.63, 3.8) is 0 Å². The van der Waals surface area contributed by atoms with Gasteiger partial charge >= 0.3 is 0 Å². The molecule has 1 aliphatic heterocycles. The number of hydrogen-bond acceptors (Lipinski definition) is 4. The zero-order valence-corrected chi connectivity index (χ0v) is 14.0. The van der Waals surface area contributed by atoms with Gasteiger partial charge in [-0.25, -0.2) is 8.42 Å². The highest BCUT2D eigenvalue weighted by Gasteiger charge is 2.27. The van der Waals surface area contributed by atoms with E-state index in [0.29, 0.717) is 6.61 Å². The minimum atomic E-state index is -3.55. The van der Waals surface area contributed by atoms with Gasteiger partial charge in [0, 0.05) is 0 Å². The van der Waals surface area contributed by atoms with Crippen LogP contribution >= 0.6 is 0 Å². The van der Waals surface area contributed by atoms with Crippen molar-refractivity contribution in [2.75, 3.05) is 12.4 Å². The van der Waals surface area contributed by atoms with E-state index in [2.05, 4.69) is 4.72 Å². The third kappa shape index (κ3) is 4.32. The lowest BCUT2D eigenvalue weighted by Crippen LogP contribution is -2.35. The predicted octanol–water partition coefficient (Wildman–Crippen LogP) is 2.33. The Balaban J connectivity index is 1.59. The van der Waals surface area contributed by atoms with Gasteiger partial charge in [-0.05, 0) is 36.3 Å². The Labute approximate surface area is 137 Å². The van der Waals surface area contributed by atoms with E-state index in [-0.39, 0.29) is 24.2 Å². The first kappa shape index (κ1) is 16.5. The van der Waals surface area contributed by atoms with Gasteiger partial charge in [-0.15, -0.1) is 0 Å². The molecule has 3 rings (SSSR count). The SMILES string of the molecule is O=C(C[C@H]1OCCc2ccccc21)NS(=O)(=O)CC1CCCC1. The third-order valence-electron chi connectivity index (χ3n) is 4.66. The summed E-state index contributed by atoms with van der Waals surface area (Å²) in [5, 5.41) is 0. The molecule has 1 saturated carbocycles. The molecule has 0 unspecified atom stereocenters. The minimum Gasteiger partial charge on any atom is -0.373 e. The number of sulfonamides is 1. The molecule has 1 aliphatic carbocycles. The van der Waals surface area contributed by atoms with Crippen LogP contribution in [0.3, 0.4) is 0 Å². The number of benzene rings is 1. The Morgan fingerprint density at radius 1 is 1.22 bits per heavy atom. The summed E-state index contributed by atoms with van der Waals surface area (Å²) in [6, 6.07) is 7.85. The van der Waals surface area contributed by atoms with Crippen molar-refractivity contribution >= 4 is 15.9 Å². The van der Waals surface area contributed by atoms with Crippen LogP contribution in [-0.2, 0) is 26.0 Å². The molecule has 0 aromatic heterocycles. The number of carbonyl (C=O) groups excluding carboxylic acids is 1. The molecule has 0 bridgehead atoms. The van der Waals surface area contributed by atoms with Crippen LogP contribution in [0.2, 0.25) is 0 Å². The fourth-order valence-corrected chi connectivity index (χ4v) is 5.03. The van der Waals surface area contributed by atoms with Crippen molar-refractivity contribution in [1.29, 1.82) is 0 Å². The first-order valence-electron chi connectivity index (χ1n) is 8.26. The topological polar surface area (TPSA) is 72.5 Å². The standard InChI is InChI=1S/C17H23NO4S/c19-17(18-23(20,21)12-13-5-1-2-6-13)11-16-15-8-4-3-7-14(15)9-10-22-16/h3-4,7-8,13,16H,1-2,5-6,9-12H2,(H,18,19)/t16-/m1/s1. The second kappa shape index (κ2) is 7.01. The number of amides is 1. The molecular weight excluding hydrogens is 314 g/mol. The molecule has 6 heteroatoms. The second-order valence-corrected chi connectivity index (χ2v) is 8.24. The molecule has 1 fully saturated rings. The highest BCUT2D eigenvalue weighted by molar-refractivity contribution is 7.90. The normalized spacial score (nSPS) is 21.8. The van der Waals surface area contributed by atoms with Crippen LogP contribution in [0.15, 0.2) is 24.3 Å². The lowest BCUT2D eigenvalue weighted by Gasteiger charge is -2.25. The van der Waals surface area contributed by atoms with E-state index in [4.69, 9.17) is 4.74 Å². The molecule has 5 nitrogen and oxygen atoms in total. The van der Waals surface area contributed by atoms with E-state index in [0.717, 1.165) is 37.7 Å². The van der Waals surface area contributed by atoms with Crippen LogP contribution < -0.4 is 4.72 Å². The van der Waals surface area contributed by atoms with Gasteiger partial charge in [0.05, 0.1) is 24.9 Å². The van der Waals surface area contributed by atoms with E-state index in [1.807, 2.05) is 24.3 Å². The number of nitrogens with one attached hydrogen (secondary N) is 1. The van der Waals surface area contributed by atoms with Gasteiger partial charge in [0.15, 0.2) is 0 Å². The third-order valence-corrected chi connectivity index (χ3v) is 6.11. The van der Waals surface area contributed by atoms with Crippen molar-refractivity contribution in [1.82, 2.24) is 4.72 Å². The van der Waals surface area contributed by atoms with Crippen molar-refractivity contribution in [3.8, 4) is 0 Å². The molecule has 2 aliphatic rings. The summed E-state index contributed by atoms with van der Waals surface area (Å²) in [7, 11) is -3.55. The van der Waals surface area contributed by atoms with Crippen molar-refractivity contribution in [2.45, 2.75) is 44.6 Å². The maximum Gasteiger partial charge on any atom is 0.236 e. The fourth-order valence-electron chi connectivity index (χ4n) is 3.56. The Bertz CT molecular complexity index is 665. The zero-order valence-electron chi connectivity index (χ0n) is 13.2. The first-order chi connectivity index (χ1) is 11.0. The average molecular weight is 337 g/mol. The summed E-state index contributed by atoms with van der Waals surface area (Å²) < 4.78 is 32.1. The van der Waals surface area contributed by atoms with Crippen molar-refractivity contribution in [3.05, 3.63) is 35.4 Å². The van der Waals surface area contributed by atoms with Gasteiger partial charge in [0.1, 0.15) is 0 Å². The first-order valence-corrected chi connectivity index (χ1v) is 9.91. The van der Waals surface area contributed by atoms with Crippen LogP contribution in [0, 0.1) is 5.92 Å². The number of fused-ring (bicyclic) bond motifs is 1. The molecular formula is C17H23NO4S. The highest BCUT2D eigenvalue weighted by atomic mass is 32.2. The lowest BCUT2D eigenvalue weighted by atomic mass is 9.96. The Hall–Kier alpha value is -1.40. The van der Waals surface area contributed by atoms with Crippen LogP contribution in [0.1, 0.15) is 49.3 Å². The van der Waals surface area contributed by atoms with Gasteiger partial charge in [-0.3, -0.25) is 9.52 Å². The largest absolute Gasteiger partial charge is 0.373 e. The maximum atomic E-state index is 12.1. The van der Waals surface area contributed by atoms with Gasteiger partial charge in [0.2, 0.25) is 15.9 Å². The van der Waals surface area contributed by atoms with Gasteiger partial charge in [-0.1, -0.05) is 37.1 Å². The quantitative estimate of drug-likeness (QED) is 0.895. The predicted molar refractivity (Wildman–Crippen MR) is 87.3 cm³/mol. The van der Waals surface area contributed by atoms with Crippen LogP contribution in [0.4, 0.5) is 0 Å². The smallest absolute Gasteiger partial charge is 0.236 e. The van der Waals surface area contributed by atoms with Crippen LogP contribution in [0.25, 0.3) is 0 Å². The van der Waals surface area contributed by atoms with Crippen molar-refractivity contribution < 1.29 is 17.9 Å². The van der Waals surface area contributed by atoms with E-state index in [1.54, 1.807) is 0 Å². The lowest BCUT2D eigenvalue weighted by molar-refractivity contribution is -0.122. The summed E-state index contributed by atoms with van der Waals surface area (Å²) in [5.41, 5.74) is 2.16. The summed E-state index contributed by atoms with van der Waals surface area (Å²) in [5.74, 6) is -0.238. The minimum absolute atomic E-state index is 0.0426. The highest BCUT2D eigenvalue weighted by Crippen LogP contribution is 2.29. The number of ether oxygens (including phenoxy) is 1. The van der Waals surface area contributed by atoms with Crippen molar-refractivity contribution in [2.24, 2.45) is 5.92 Å². The molecule has 1 atom stereocenters. The molecule has 1 amide bonds. The molecule has 1 N–H and O–H groups in total. The molecule has 126 valence electrons.